The molecular weight excluding hydrogens is 353 g/mol. The fraction of sp³-hybridized carbons (Fsp3) is 0.211. The Hall–Kier alpha value is -2.67. The number of carbonyl (C=O) groups is 1. The Kier molecular flexibility index (Phi) is 6.01. The van der Waals surface area contributed by atoms with Gasteiger partial charge in [-0.05, 0) is 43.2 Å². The molecule has 3 aromatic rings. The molecule has 0 bridgehead atoms. The molecule has 2 aromatic carbocycles. The molecule has 7 heteroatoms. The lowest BCUT2D eigenvalue weighted by atomic mass is 10.1. The van der Waals surface area contributed by atoms with E-state index in [0.717, 1.165) is 6.42 Å². The number of rotatable bonds is 7. The van der Waals surface area contributed by atoms with Crippen LogP contribution in [0.3, 0.4) is 0 Å². The molecule has 0 saturated heterocycles. The van der Waals surface area contributed by atoms with Gasteiger partial charge in [-0.15, -0.1) is 10.2 Å². The van der Waals surface area contributed by atoms with Crippen molar-refractivity contribution >= 4 is 17.7 Å². The molecule has 0 unspecified atom stereocenters. The molecule has 1 atom stereocenters. The number of aromatic nitrogens is 2. The molecule has 0 fully saturated rings. The van der Waals surface area contributed by atoms with Gasteiger partial charge < -0.3 is 9.73 Å². The standard InChI is InChI=1S/C19H18FN3O2S/c1-13(17(24)21-12-11-14-5-3-2-4-6-14)26-19-23-22-18(25-19)15-7-9-16(20)10-8-15/h2-10,13H,11-12H2,1H3,(H,21,24)/t13-/m0/s1. The zero-order chi connectivity index (χ0) is 18.4. The van der Waals surface area contributed by atoms with Gasteiger partial charge in [0.05, 0.1) is 5.25 Å². The molecule has 5 nitrogen and oxygen atoms in total. The zero-order valence-electron chi connectivity index (χ0n) is 14.2. The summed E-state index contributed by atoms with van der Waals surface area (Å²) < 4.78 is 18.5. The Balaban J connectivity index is 1.50. The van der Waals surface area contributed by atoms with E-state index in [1.807, 2.05) is 30.3 Å². The largest absolute Gasteiger partial charge is 0.411 e. The van der Waals surface area contributed by atoms with Crippen molar-refractivity contribution in [2.75, 3.05) is 6.54 Å². The molecule has 0 spiro atoms. The van der Waals surface area contributed by atoms with E-state index in [-0.39, 0.29) is 17.0 Å². The Morgan fingerprint density at radius 1 is 1.15 bits per heavy atom. The summed E-state index contributed by atoms with van der Waals surface area (Å²) in [7, 11) is 0. The first-order valence-electron chi connectivity index (χ1n) is 8.19. The number of nitrogens with zero attached hydrogens (tertiary/aromatic N) is 2. The summed E-state index contributed by atoms with van der Waals surface area (Å²) in [5.74, 6) is -0.125. The highest BCUT2D eigenvalue weighted by Crippen LogP contribution is 2.26. The molecule has 0 aliphatic rings. The monoisotopic (exact) mass is 371 g/mol. The van der Waals surface area contributed by atoms with Crippen LogP contribution in [-0.2, 0) is 11.2 Å². The van der Waals surface area contributed by atoms with Gasteiger partial charge in [0.2, 0.25) is 11.8 Å². The van der Waals surface area contributed by atoms with Gasteiger partial charge in [-0.25, -0.2) is 4.39 Å². The van der Waals surface area contributed by atoms with E-state index in [4.69, 9.17) is 4.42 Å². The number of carbonyl (C=O) groups excluding carboxylic acids is 1. The lowest BCUT2D eigenvalue weighted by Gasteiger charge is -2.09. The number of hydrogen-bond donors (Lipinski definition) is 1. The second kappa shape index (κ2) is 8.62. The van der Waals surface area contributed by atoms with Crippen LogP contribution in [0, 0.1) is 5.82 Å². The minimum atomic E-state index is -0.368. The SMILES string of the molecule is C[C@H](Sc1nnc(-c2ccc(F)cc2)o1)C(=O)NCCc1ccccc1. The van der Waals surface area contributed by atoms with Crippen LogP contribution >= 0.6 is 11.8 Å². The third-order valence-electron chi connectivity index (χ3n) is 3.70. The van der Waals surface area contributed by atoms with E-state index >= 15 is 0 Å². The molecule has 0 radical (unpaired) electrons. The summed E-state index contributed by atoms with van der Waals surface area (Å²) in [5, 5.41) is 10.7. The molecule has 134 valence electrons. The van der Waals surface area contributed by atoms with Crippen LogP contribution in [0.4, 0.5) is 4.39 Å². The fourth-order valence-corrected chi connectivity index (χ4v) is 3.00. The lowest BCUT2D eigenvalue weighted by molar-refractivity contribution is -0.120. The number of hydrogen-bond acceptors (Lipinski definition) is 5. The number of amides is 1. The Labute approximate surface area is 155 Å². The van der Waals surface area contributed by atoms with Crippen molar-refractivity contribution in [3.8, 4) is 11.5 Å². The van der Waals surface area contributed by atoms with Crippen molar-refractivity contribution in [1.82, 2.24) is 15.5 Å². The maximum Gasteiger partial charge on any atom is 0.277 e. The normalized spacial score (nSPS) is 11.9. The van der Waals surface area contributed by atoms with Crippen LogP contribution in [0.5, 0.6) is 0 Å². The second-order valence-corrected chi connectivity index (χ2v) is 6.96. The highest BCUT2D eigenvalue weighted by molar-refractivity contribution is 8.00. The number of nitrogens with one attached hydrogen (secondary N) is 1. The van der Waals surface area contributed by atoms with E-state index in [0.29, 0.717) is 23.2 Å². The second-order valence-electron chi connectivity index (χ2n) is 5.67. The fourth-order valence-electron chi connectivity index (χ4n) is 2.29. The van der Waals surface area contributed by atoms with Crippen molar-refractivity contribution in [2.45, 2.75) is 23.8 Å². The van der Waals surface area contributed by atoms with E-state index in [1.165, 1.54) is 29.5 Å². The van der Waals surface area contributed by atoms with Crippen LogP contribution in [0.1, 0.15) is 12.5 Å². The van der Waals surface area contributed by atoms with Crippen LogP contribution < -0.4 is 5.32 Å². The predicted octanol–water partition coefficient (Wildman–Crippen LogP) is 3.72. The predicted molar refractivity (Wildman–Crippen MR) is 98.2 cm³/mol. The summed E-state index contributed by atoms with van der Waals surface area (Å²) in [6.45, 7) is 2.35. The van der Waals surface area contributed by atoms with E-state index < -0.39 is 0 Å². The van der Waals surface area contributed by atoms with Crippen LogP contribution in [-0.4, -0.2) is 27.9 Å². The molecule has 0 aliphatic carbocycles. The van der Waals surface area contributed by atoms with Crippen molar-refractivity contribution in [3.05, 3.63) is 66.0 Å². The maximum absolute atomic E-state index is 13.0. The minimum Gasteiger partial charge on any atom is -0.411 e. The zero-order valence-corrected chi connectivity index (χ0v) is 15.0. The third kappa shape index (κ3) is 4.92. The average Bonchev–Trinajstić information content (AvgIpc) is 3.11. The van der Waals surface area contributed by atoms with Gasteiger partial charge in [-0.2, -0.15) is 0 Å². The van der Waals surface area contributed by atoms with Crippen molar-refractivity contribution in [1.29, 1.82) is 0 Å². The summed E-state index contributed by atoms with van der Waals surface area (Å²) in [5.41, 5.74) is 1.81. The first-order valence-corrected chi connectivity index (χ1v) is 9.07. The van der Waals surface area contributed by atoms with Gasteiger partial charge in [0, 0.05) is 12.1 Å². The Morgan fingerprint density at radius 2 is 1.88 bits per heavy atom. The molecule has 1 N–H and O–H groups in total. The van der Waals surface area contributed by atoms with Crippen LogP contribution in [0.25, 0.3) is 11.5 Å². The number of halogens is 1. The van der Waals surface area contributed by atoms with Gasteiger partial charge in [0.1, 0.15) is 5.82 Å². The number of thioether (sulfide) groups is 1. The first-order chi connectivity index (χ1) is 12.6. The number of benzene rings is 2. The summed E-state index contributed by atoms with van der Waals surface area (Å²) in [6.07, 6.45) is 0.777. The highest BCUT2D eigenvalue weighted by atomic mass is 32.2. The summed E-state index contributed by atoms with van der Waals surface area (Å²) >= 11 is 1.19. The smallest absolute Gasteiger partial charge is 0.277 e. The minimum absolute atomic E-state index is 0.0903. The van der Waals surface area contributed by atoms with Crippen molar-refractivity contribution in [2.24, 2.45) is 0 Å². The van der Waals surface area contributed by atoms with Crippen molar-refractivity contribution < 1.29 is 13.6 Å². The third-order valence-corrected chi connectivity index (χ3v) is 4.63. The first kappa shape index (κ1) is 18.1. The van der Waals surface area contributed by atoms with Gasteiger partial charge >= 0.3 is 0 Å². The summed E-state index contributed by atoms with van der Waals surface area (Å²) in [4.78, 5) is 12.2. The average molecular weight is 371 g/mol. The van der Waals surface area contributed by atoms with E-state index in [1.54, 1.807) is 19.1 Å². The van der Waals surface area contributed by atoms with Gasteiger partial charge in [-0.1, -0.05) is 42.1 Å². The van der Waals surface area contributed by atoms with E-state index in [9.17, 15) is 9.18 Å². The molecule has 1 amide bonds. The Bertz CT molecular complexity index is 853. The van der Waals surface area contributed by atoms with Crippen LogP contribution in [0.15, 0.2) is 64.2 Å². The van der Waals surface area contributed by atoms with Gasteiger partial charge in [0.25, 0.3) is 5.22 Å². The molecule has 0 aliphatic heterocycles. The molecule has 1 aromatic heterocycles. The maximum atomic E-state index is 13.0. The highest BCUT2D eigenvalue weighted by Gasteiger charge is 2.18. The molecular formula is C19H18FN3O2S. The molecule has 26 heavy (non-hydrogen) atoms. The Morgan fingerprint density at radius 3 is 2.62 bits per heavy atom. The lowest BCUT2D eigenvalue weighted by Crippen LogP contribution is -2.32. The van der Waals surface area contributed by atoms with Crippen molar-refractivity contribution in [3.63, 3.8) is 0 Å². The van der Waals surface area contributed by atoms with E-state index in [2.05, 4.69) is 15.5 Å². The van der Waals surface area contributed by atoms with Crippen LogP contribution in [0.2, 0.25) is 0 Å². The molecule has 0 saturated carbocycles. The topological polar surface area (TPSA) is 68.0 Å². The molecule has 3 rings (SSSR count). The molecule has 1 heterocycles. The summed E-state index contributed by atoms with van der Waals surface area (Å²) in [6, 6.07) is 15.8. The quantitative estimate of drug-likeness (QED) is 0.641. The van der Waals surface area contributed by atoms with Gasteiger partial charge in [0.15, 0.2) is 0 Å². The van der Waals surface area contributed by atoms with Gasteiger partial charge in [-0.3, -0.25) is 4.79 Å².